The molecule has 0 aromatic heterocycles. The highest BCUT2D eigenvalue weighted by Gasteiger charge is 2.06. The van der Waals surface area contributed by atoms with E-state index in [4.69, 9.17) is 4.74 Å². The number of nitrogens with zero attached hydrogens (tertiary/aromatic N) is 1. The summed E-state index contributed by atoms with van der Waals surface area (Å²) in [6.45, 7) is 1.32. The van der Waals surface area contributed by atoms with E-state index >= 15 is 0 Å². The van der Waals surface area contributed by atoms with Crippen LogP contribution in [0.2, 0.25) is 0 Å². The molecule has 0 radical (unpaired) electrons. The van der Waals surface area contributed by atoms with Gasteiger partial charge in [0.1, 0.15) is 11.5 Å². The molecule has 0 fully saturated rings. The molecule has 0 amide bonds. The Morgan fingerprint density at radius 2 is 1.45 bits per heavy atom. The molecule has 0 aliphatic rings. The summed E-state index contributed by atoms with van der Waals surface area (Å²) in [4.78, 5) is 4.58. The lowest BCUT2D eigenvalue weighted by Crippen LogP contribution is -2.37. The van der Waals surface area contributed by atoms with Gasteiger partial charge in [0.2, 0.25) is 0 Å². The first-order valence-corrected chi connectivity index (χ1v) is 11.9. The number of nitrogens with one attached hydrogen (secondary N) is 2. The van der Waals surface area contributed by atoms with Crippen LogP contribution in [0, 0.1) is 0 Å². The number of sulfone groups is 1. The molecular formula is C24H27N3O3S. The molecule has 0 saturated heterocycles. The lowest BCUT2D eigenvalue weighted by atomic mass is 10.1. The first-order valence-electron chi connectivity index (χ1n) is 9.99. The van der Waals surface area contributed by atoms with Crippen LogP contribution in [-0.2, 0) is 22.8 Å². The highest BCUT2D eigenvalue weighted by molar-refractivity contribution is 7.90. The highest BCUT2D eigenvalue weighted by Crippen LogP contribution is 2.21. The van der Waals surface area contributed by atoms with Gasteiger partial charge >= 0.3 is 0 Å². The third-order valence-electron chi connectivity index (χ3n) is 4.64. The monoisotopic (exact) mass is 437 g/mol. The third-order valence-corrected chi connectivity index (χ3v) is 5.77. The van der Waals surface area contributed by atoms with E-state index in [1.807, 2.05) is 66.7 Å². The molecule has 0 aliphatic heterocycles. The zero-order valence-electron chi connectivity index (χ0n) is 17.7. The van der Waals surface area contributed by atoms with Crippen molar-refractivity contribution in [3.63, 3.8) is 0 Å². The highest BCUT2D eigenvalue weighted by atomic mass is 32.2. The van der Waals surface area contributed by atoms with E-state index in [1.165, 1.54) is 6.26 Å². The van der Waals surface area contributed by atoms with Gasteiger partial charge in [0.25, 0.3) is 0 Å². The van der Waals surface area contributed by atoms with Crippen molar-refractivity contribution in [2.75, 3.05) is 19.8 Å². The van der Waals surface area contributed by atoms with Gasteiger partial charge in [0, 0.05) is 26.4 Å². The largest absolute Gasteiger partial charge is 0.457 e. The fraction of sp³-hybridized carbons (Fsp3) is 0.208. The van der Waals surface area contributed by atoms with Crippen LogP contribution in [-0.4, -0.2) is 34.2 Å². The van der Waals surface area contributed by atoms with Crippen LogP contribution in [0.5, 0.6) is 11.5 Å². The van der Waals surface area contributed by atoms with Crippen molar-refractivity contribution < 1.29 is 13.2 Å². The van der Waals surface area contributed by atoms with Gasteiger partial charge in [-0.25, -0.2) is 8.42 Å². The van der Waals surface area contributed by atoms with Gasteiger partial charge in [-0.1, -0.05) is 42.5 Å². The lowest BCUT2D eigenvalue weighted by molar-refractivity contribution is 0.482. The van der Waals surface area contributed by atoms with Crippen LogP contribution in [0.15, 0.2) is 88.8 Å². The first kappa shape index (κ1) is 22.4. The molecule has 3 rings (SSSR count). The summed E-state index contributed by atoms with van der Waals surface area (Å²) in [7, 11) is -1.43. The maximum atomic E-state index is 11.5. The zero-order valence-corrected chi connectivity index (χ0v) is 18.5. The van der Waals surface area contributed by atoms with Gasteiger partial charge in [0.05, 0.1) is 4.90 Å². The predicted molar refractivity (Wildman–Crippen MR) is 124 cm³/mol. The molecular weight excluding hydrogens is 410 g/mol. The van der Waals surface area contributed by atoms with Crippen molar-refractivity contribution in [3.05, 3.63) is 90.0 Å². The van der Waals surface area contributed by atoms with Crippen LogP contribution < -0.4 is 15.4 Å². The Kier molecular flexibility index (Phi) is 7.67. The Balaban J connectivity index is 1.44. The smallest absolute Gasteiger partial charge is 0.191 e. The molecule has 0 spiro atoms. The van der Waals surface area contributed by atoms with E-state index in [0.717, 1.165) is 29.0 Å². The van der Waals surface area contributed by atoms with Crippen LogP contribution >= 0.6 is 0 Å². The van der Waals surface area contributed by atoms with Crippen LogP contribution in [0.1, 0.15) is 11.1 Å². The quantitative estimate of drug-likeness (QED) is 0.414. The molecule has 0 unspecified atom stereocenters. The van der Waals surface area contributed by atoms with E-state index in [9.17, 15) is 8.42 Å². The van der Waals surface area contributed by atoms with Crippen molar-refractivity contribution >= 4 is 15.8 Å². The van der Waals surface area contributed by atoms with E-state index in [-0.39, 0.29) is 0 Å². The van der Waals surface area contributed by atoms with Crippen LogP contribution in [0.4, 0.5) is 0 Å². The maximum Gasteiger partial charge on any atom is 0.191 e. The lowest BCUT2D eigenvalue weighted by Gasteiger charge is -2.12. The van der Waals surface area contributed by atoms with Crippen LogP contribution in [0.25, 0.3) is 0 Å². The van der Waals surface area contributed by atoms with Gasteiger partial charge < -0.3 is 15.4 Å². The van der Waals surface area contributed by atoms with E-state index < -0.39 is 9.84 Å². The van der Waals surface area contributed by atoms with Gasteiger partial charge in [0.15, 0.2) is 15.8 Å². The number of guanidine groups is 1. The molecule has 162 valence electrons. The number of benzene rings is 3. The summed E-state index contributed by atoms with van der Waals surface area (Å²) in [5.41, 5.74) is 2.17. The number of para-hydroxylation sites is 1. The number of aliphatic imine (C=N–C) groups is 1. The predicted octanol–water partition coefficient (Wildman–Crippen LogP) is 3.79. The Hall–Kier alpha value is -3.32. The summed E-state index contributed by atoms with van der Waals surface area (Å²) in [5, 5.41) is 6.56. The molecule has 0 heterocycles. The Bertz CT molecular complexity index is 1100. The molecule has 7 heteroatoms. The zero-order chi connectivity index (χ0) is 22.1. The second-order valence-corrected chi connectivity index (χ2v) is 9.09. The molecule has 3 aromatic carbocycles. The number of hydrogen-bond donors (Lipinski definition) is 2. The minimum absolute atomic E-state index is 0.335. The number of ether oxygens (including phenoxy) is 1. The van der Waals surface area contributed by atoms with Gasteiger partial charge in [-0.3, -0.25) is 4.99 Å². The van der Waals surface area contributed by atoms with Crippen molar-refractivity contribution in [1.82, 2.24) is 10.6 Å². The van der Waals surface area contributed by atoms with Crippen LogP contribution in [0.3, 0.4) is 0 Å². The minimum atomic E-state index is -3.16. The van der Waals surface area contributed by atoms with E-state index in [1.54, 1.807) is 19.2 Å². The van der Waals surface area contributed by atoms with Gasteiger partial charge in [-0.15, -0.1) is 0 Å². The van der Waals surface area contributed by atoms with E-state index in [2.05, 4.69) is 15.6 Å². The first-order chi connectivity index (χ1) is 14.9. The topological polar surface area (TPSA) is 79.8 Å². The van der Waals surface area contributed by atoms with Crippen molar-refractivity contribution in [2.24, 2.45) is 4.99 Å². The Morgan fingerprint density at radius 3 is 2.06 bits per heavy atom. The average Bonchev–Trinajstić information content (AvgIpc) is 2.77. The Labute approximate surface area is 183 Å². The Morgan fingerprint density at radius 1 is 0.839 bits per heavy atom. The summed E-state index contributed by atoms with van der Waals surface area (Å²) in [6.07, 6.45) is 1.97. The normalized spacial score (nSPS) is 11.7. The van der Waals surface area contributed by atoms with Crippen molar-refractivity contribution in [2.45, 2.75) is 17.9 Å². The van der Waals surface area contributed by atoms with Crippen molar-refractivity contribution in [3.8, 4) is 11.5 Å². The summed E-state index contributed by atoms with van der Waals surface area (Å²) >= 11 is 0. The molecule has 6 nitrogen and oxygen atoms in total. The fourth-order valence-corrected chi connectivity index (χ4v) is 3.57. The molecule has 3 aromatic rings. The summed E-state index contributed by atoms with van der Waals surface area (Å²) in [5.74, 6) is 2.31. The summed E-state index contributed by atoms with van der Waals surface area (Å²) in [6, 6.07) is 24.6. The molecule has 2 N–H and O–H groups in total. The molecule has 0 aliphatic carbocycles. The second kappa shape index (κ2) is 10.6. The van der Waals surface area contributed by atoms with Gasteiger partial charge in [-0.2, -0.15) is 0 Å². The average molecular weight is 438 g/mol. The molecule has 0 atom stereocenters. The number of hydrogen-bond acceptors (Lipinski definition) is 4. The SMILES string of the molecule is CN=C(NCCc1ccc(S(C)(=O)=O)cc1)NCc1ccc(Oc2ccccc2)cc1. The fourth-order valence-electron chi connectivity index (χ4n) is 2.93. The van der Waals surface area contributed by atoms with E-state index in [0.29, 0.717) is 23.9 Å². The molecule has 31 heavy (non-hydrogen) atoms. The standard InChI is InChI=1S/C24H27N3O3S/c1-25-24(26-17-16-19-10-14-23(15-11-19)31(2,28)29)27-18-20-8-12-22(13-9-20)30-21-6-4-3-5-7-21/h3-15H,16-18H2,1-2H3,(H2,25,26,27). The number of rotatable bonds is 8. The molecule has 0 bridgehead atoms. The summed E-state index contributed by atoms with van der Waals surface area (Å²) < 4.78 is 28.9. The minimum Gasteiger partial charge on any atom is -0.457 e. The maximum absolute atomic E-state index is 11.5. The van der Waals surface area contributed by atoms with Gasteiger partial charge in [-0.05, 0) is 53.9 Å². The molecule has 0 saturated carbocycles. The second-order valence-electron chi connectivity index (χ2n) is 7.08. The third kappa shape index (κ3) is 7.15. The van der Waals surface area contributed by atoms with Crippen molar-refractivity contribution in [1.29, 1.82) is 0 Å².